The summed E-state index contributed by atoms with van der Waals surface area (Å²) >= 11 is 0. The second-order valence-corrected chi connectivity index (χ2v) is 6.22. The zero-order chi connectivity index (χ0) is 16.0. The fourth-order valence-corrected chi connectivity index (χ4v) is 2.18. The zero-order valence-corrected chi connectivity index (χ0v) is 12.1. The van der Waals surface area contributed by atoms with Gasteiger partial charge in [0.05, 0.1) is 13.0 Å². The number of primary amides is 1. The first-order valence-corrected chi connectivity index (χ1v) is 7.52. The minimum Gasteiger partial charge on any atom is -0.493 e. The molecular formula is C12H16N2O6S. The lowest BCUT2D eigenvalue weighted by Gasteiger charge is -2.12. The van der Waals surface area contributed by atoms with Crippen molar-refractivity contribution in [3.63, 3.8) is 0 Å². The van der Waals surface area contributed by atoms with Crippen molar-refractivity contribution in [3.05, 3.63) is 24.3 Å². The van der Waals surface area contributed by atoms with Crippen molar-refractivity contribution in [2.75, 3.05) is 11.3 Å². The normalized spacial score (nSPS) is 12.4. The number of sulfonamides is 1. The predicted octanol–water partition coefficient (Wildman–Crippen LogP) is 0.156. The molecule has 0 bridgehead atoms. The number of nitrogens with one attached hydrogen (secondary N) is 1. The molecule has 0 heterocycles. The maximum absolute atomic E-state index is 11.7. The Morgan fingerprint density at radius 2 is 1.90 bits per heavy atom. The molecule has 1 rings (SSSR count). The number of carboxylic acid groups (broad SMARTS) is 1. The van der Waals surface area contributed by atoms with Crippen LogP contribution in [0.3, 0.4) is 0 Å². The maximum Gasteiger partial charge on any atom is 0.323 e. The van der Waals surface area contributed by atoms with Crippen LogP contribution in [-0.2, 0) is 19.6 Å². The Bertz CT molecular complexity index is 611. The summed E-state index contributed by atoms with van der Waals surface area (Å²) in [6.45, 7) is 1.20. The van der Waals surface area contributed by atoms with Crippen LogP contribution in [0.2, 0.25) is 0 Å². The van der Waals surface area contributed by atoms with E-state index < -0.39 is 27.1 Å². The van der Waals surface area contributed by atoms with E-state index in [2.05, 4.69) is 4.72 Å². The van der Waals surface area contributed by atoms with E-state index in [-0.39, 0.29) is 18.7 Å². The van der Waals surface area contributed by atoms with Crippen LogP contribution < -0.4 is 15.2 Å². The van der Waals surface area contributed by atoms with Gasteiger partial charge in [0.15, 0.2) is 5.25 Å². The molecule has 1 amide bonds. The summed E-state index contributed by atoms with van der Waals surface area (Å²) in [4.78, 5) is 21.2. The molecular weight excluding hydrogens is 300 g/mol. The number of aliphatic carboxylic acids is 1. The summed E-state index contributed by atoms with van der Waals surface area (Å²) in [5.74, 6) is -1.48. The third kappa shape index (κ3) is 5.30. The molecule has 0 fully saturated rings. The lowest BCUT2D eigenvalue weighted by atomic mass is 10.3. The molecule has 0 aliphatic heterocycles. The molecule has 4 N–H and O–H groups in total. The van der Waals surface area contributed by atoms with Crippen LogP contribution in [0.15, 0.2) is 24.3 Å². The monoisotopic (exact) mass is 316 g/mol. The van der Waals surface area contributed by atoms with E-state index in [1.54, 1.807) is 0 Å². The molecule has 21 heavy (non-hydrogen) atoms. The van der Waals surface area contributed by atoms with Gasteiger partial charge >= 0.3 is 5.97 Å². The van der Waals surface area contributed by atoms with Crippen molar-refractivity contribution >= 4 is 27.6 Å². The summed E-state index contributed by atoms with van der Waals surface area (Å²) in [6, 6.07) is 5.83. The van der Waals surface area contributed by atoms with Gasteiger partial charge in [0, 0.05) is 5.69 Å². The Morgan fingerprint density at radius 1 is 1.33 bits per heavy atom. The summed E-state index contributed by atoms with van der Waals surface area (Å²) in [6.07, 6.45) is 0.0739. The number of carbonyl (C=O) groups is 2. The molecule has 8 nitrogen and oxygen atoms in total. The van der Waals surface area contributed by atoms with E-state index >= 15 is 0 Å². The number of carbonyl (C=O) groups excluding carboxylic acids is 1. The standard InChI is InChI=1S/C12H16N2O6S/c1-8(12(16)17)21(18,19)14-9-2-4-10(5-3-9)20-7-6-11(13)15/h2-5,8,14H,6-7H2,1H3,(H2,13,15)(H,16,17). The first-order valence-electron chi connectivity index (χ1n) is 5.98. The van der Waals surface area contributed by atoms with Crippen molar-refractivity contribution in [3.8, 4) is 5.75 Å². The van der Waals surface area contributed by atoms with Crippen LogP contribution in [0, 0.1) is 0 Å². The summed E-state index contributed by atoms with van der Waals surface area (Å²) in [5, 5.41) is 7.14. The average Bonchev–Trinajstić information content (AvgIpc) is 2.39. The molecule has 0 saturated heterocycles. The third-order valence-corrected chi connectivity index (χ3v) is 4.20. The van der Waals surface area contributed by atoms with Gasteiger partial charge in [-0.05, 0) is 31.2 Å². The van der Waals surface area contributed by atoms with Gasteiger partial charge in [-0.2, -0.15) is 0 Å². The van der Waals surface area contributed by atoms with Crippen molar-refractivity contribution in [2.24, 2.45) is 5.73 Å². The number of hydrogen-bond donors (Lipinski definition) is 3. The second kappa shape index (κ2) is 6.93. The van der Waals surface area contributed by atoms with E-state index in [4.69, 9.17) is 15.6 Å². The van der Waals surface area contributed by atoms with Gasteiger partial charge in [-0.3, -0.25) is 14.3 Å². The van der Waals surface area contributed by atoms with Crippen LogP contribution in [0.1, 0.15) is 13.3 Å². The van der Waals surface area contributed by atoms with Gasteiger partial charge in [-0.15, -0.1) is 0 Å². The van der Waals surface area contributed by atoms with E-state index in [9.17, 15) is 18.0 Å². The number of hydrogen-bond acceptors (Lipinski definition) is 5. The largest absolute Gasteiger partial charge is 0.493 e. The highest BCUT2D eigenvalue weighted by Crippen LogP contribution is 2.18. The van der Waals surface area contributed by atoms with Gasteiger partial charge in [0.1, 0.15) is 5.75 Å². The van der Waals surface area contributed by atoms with Crippen molar-refractivity contribution in [2.45, 2.75) is 18.6 Å². The minimum absolute atomic E-state index is 0.0739. The topological polar surface area (TPSA) is 136 Å². The number of ether oxygens (including phenoxy) is 1. The van der Waals surface area contributed by atoms with E-state index in [0.717, 1.165) is 6.92 Å². The van der Waals surface area contributed by atoms with Crippen molar-refractivity contribution in [1.29, 1.82) is 0 Å². The van der Waals surface area contributed by atoms with Gasteiger partial charge in [-0.1, -0.05) is 0 Å². The minimum atomic E-state index is -4.01. The van der Waals surface area contributed by atoms with Crippen LogP contribution in [-0.4, -0.2) is 37.3 Å². The van der Waals surface area contributed by atoms with Crippen LogP contribution in [0.25, 0.3) is 0 Å². The fourth-order valence-electron chi connectivity index (χ4n) is 1.27. The highest BCUT2D eigenvalue weighted by atomic mass is 32.2. The molecule has 0 aliphatic rings. The van der Waals surface area contributed by atoms with E-state index in [1.165, 1.54) is 24.3 Å². The average molecular weight is 316 g/mol. The zero-order valence-electron chi connectivity index (χ0n) is 11.3. The van der Waals surface area contributed by atoms with Crippen LogP contribution in [0.5, 0.6) is 5.75 Å². The lowest BCUT2D eigenvalue weighted by Crippen LogP contribution is -2.32. The molecule has 0 spiro atoms. The van der Waals surface area contributed by atoms with Crippen LogP contribution in [0.4, 0.5) is 5.69 Å². The SMILES string of the molecule is CC(C(=O)O)S(=O)(=O)Nc1ccc(OCCC(N)=O)cc1. The predicted molar refractivity (Wildman–Crippen MR) is 75.4 cm³/mol. The number of benzene rings is 1. The number of amides is 1. The van der Waals surface area contributed by atoms with Crippen LogP contribution >= 0.6 is 0 Å². The molecule has 9 heteroatoms. The highest BCUT2D eigenvalue weighted by Gasteiger charge is 2.27. The quantitative estimate of drug-likeness (QED) is 0.625. The fraction of sp³-hybridized carbons (Fsp3) is 0.333. The Labute approximate surface area is 122 Å². The Balaban J connectivity index is 2.66. The van der Waals surface area contributed by atoms with E-state index in [1.807, 2.05) is 0 Å². The van der Waals surface area contributed by atoms with Gasteiger partial charge in [0.2, 0.25) is 15.9 Å². The number of rotatable bonds is 8. The maximum atomic E-state index is 11.7. The molecule has 1 aromatic rings. The highest BCUT2D eigenvalue weighted by molar-refractivity contribution is 7.94. The molecule has 1 atom stereocenters. The molecule has 1 aromatic carbocycles. The van der Waals surface area contributed by atoms with Crippen molar-refractivity contribution < 1.29 is 27.9 Å². The molecule has 0 aliphatic carbocycles. The summed E-state index contributed by atoms with van der Waals surface area (Å²) in [7, 11) is -4.01. The van der Waals surface area contributed by atoms with Crippen molar-refractivity contribution in [1.82, 2.24) is 0 Å². The summed E-state index contributed by atoms with van der Waals surface area (Å²) in [5.41, 5.74) is 5.17. The smallest absolute Gasteiger partial charge is 0.323 e. The van der Waals surface area contributed by atoms with Gasteiger partial charge in [0.25, 0.3) is 0 Å². The summed E-state index contributed by atoms with van der Waals surface area (Å²) < 4.78 is 30.8. The molecule has 0 saturated carbocycles. The Morgan fingerprint density at radius 3 is 2.38 bits per heavy atom. The first kappa shape index (κ1) is 16.8. The molecule has 0 aromatic heterocycles. The number of anilines is 1. The molecule has 116 valence electrons. The second-order valence-electron chi connectivity index (χ2n) is 4.22. The Kier molecular flexibility index (Phi) is 5.53. The third-order valence-electron chi connectivity index (χ3n) is 2.54. The molecule has 0 radical (unpaired) electrons. The lowest BCUT2D eigenvalue weighted by molar-refractivity contribution is -0.136. The first-order chi connectivity index (χ1) is 9.72. The van der Waals surface area contributed by atoms with E-state index in [0.29, 0.717) is 5.75 Å². The van der Waals surface area contributed by atoms with Gasteiger partial charge in [-0.25, -0.2) is 8.42 Å². The number of carboxylic acids is 1. The molecule has 1 unspecified atom stereocenters. The number of nitrogens with two attached hydrogens (primary N) is 1. The Hall–Kier alpha value is -2.29. The van der Waals surface area contributed by atoms with Gasteiger partial charge < -0.3 is 15.6 Å².